The molecule has 0 nitrogen and oxygen atoms in total. The second-order valence-corrected chi connectivity index (χ2v) is 4.63. The number of benzene rings is 2. The molecule has 0 atom stereocenters. The lowest BCUT2D eigenvalue weighted by molar-refractivity contribution is 1.22. The molecular weight excluding hydrogens is 204 g/mol. The number of rotatable bonds is 0. The van der Waals surface area contributed by atoms with Crippen LogP contribution in [-0.2, 0) is 6.42 Å². The van der Waals surface area contributed by atoms with Crippen molar-refractivity contribution >= 4 is 12.2 Å². The maximum Gasteiger partial charge on any atom is -0.00640 e. The summed E-state index contributed by atoms with van der Waals surface area (Å²) in [4.78, 5) is 0. The van der Waals surface area contributed by atoms with Gasteiger partial charge in [0.15, 0.2) is 0 Å². The van der Waals surface area contributed by atoms with Gasteiger partial charge in [0.1, 0.15) is 0 Å². The molecule has 0 radical (unpaired) electrons. The van der Waals surface area contributed by atoms with Gasteiger partial charge in [-0.15, -0.1) is 0 Å². The fourth-order valence-electron chi connectivity index (χ4n) is 2.87. The Bertz CT molecular complexity index is 761. The highest BCUT2D eigenvalue weighted by atomic mass is 14.2. The summed E-state index contributed by atoms with van der Waals surface area (Å²) in [5, 5.41) is 2.74. The minimum Gasteiger partial charge on any atom is -0.0801 e. The molecule has 2 aliphatic rings. The minimum absolute atomic E-state index is 1.05. The smallest absolute Gasteiger partial charge is 0.00640 e. The Morgan fingerprint density at radius 1 is 0.882 bits per heavy atom. The minimum atomic E-state index is 1.05. The van der Waals surface area contributed by atoms with E-state index in [1.165, 1.54) is 32.7 Å². The Labute approximate surface area is 100 Å². The standard InChI is InChI=1S/C17H12/c1-3-7-15-12(5-1)9-10-14-11-13-6-2-4-8-16(13)17(14)15/h1-6,8-11H,7H2. The SMILES string of the molecule is C1=CCc2c3c(ccc2=C1)=Cc1ccccc1-3. The topological polar surface area (TPSA) is 0 Å². The number of hydrogen-bond donors (Lipinski definition) is 0. The first-order valence-corrected chi connectivity index (χ1v) is 6.03. The van der Waals surface area contributed by atoms with Gasteiger partial charge in [-0.2, -0.15) is 0 Å². The first kappa shape index (κ1) is 9.00. The van der Waals surface area contributed by atoms with Crippen LogP contribution in [0.1, 0.15) is 11.1 Å². The first-order chi connectivity index (χ1) is 8.43. The van der Waals surface area contributed by atoms with Gasteiger partial charge in [0.25, 0.3) is 0 Å². The number of allylic oxidation sites excluding steroid dienone is 2. The van der Waals surface area contributed by atoms with E-state index in [1.54, 1.807) is 0 Å². The molecule has 17 heavy (non-hydrogen) atoms. The second-order valence-electron chi connectivity index (χ2n) is 4.63. The van der Waals surface area contributed by atoms with Crippen molar-refractivity contribution in [3.05, 3.63) is 70.1 Å². The van der Waals surface area contributed by atoms with Crippen LogP contribution in [0.2, 0.25) is 0 Å². The van der Waals surface area contributed by atoms with Crippen molar-refractivity contribution in [3.63, 3.8) is 0 Å². The highest BCUT2D eigenvalue weighted by Crippen LogP contribution is 2.28. The normalized spacial score (nSPS) is 14.4. The Morgan fingerprint density at radius 2 is 1.76 bits per heavy atom. The van der Waals surface area contributed by atoms with Crippen molar-refractivity contribution in [2.75, 3.05) is 0 Å². The summed E-state index contributed by atoms with van der Waals surface area (Å²) < 4.78 is 0. The zero-order valence-corrected chi connectivity index (χ0v) is 9.48. The Kier molecular flexibility index (Phi) is 1.70. The first-order valence-electron chi connectivity index (χ1n) is 6.03. The lowest BCUT2D eigenvalue weighted by atomic mass is 9.94. The molecule has 0 aliphatic heterocycles. The molecular formula is C17H12. The fraction of sp³-hybridized carbons (Fsp3) is 0.0588. The van der Waals surface area contributed by atoms with Crippen LogP contribution in [0.4, 0.5) is 0 Å². The molecule has 2 aromatic carbocycles. The van der Waals surface area contributed by atoms with Crippen LogP contribution in [0.25, 0.3) is 23.3 Å². The number of hydrogen-bond acceptors (Lipinski definition) is 0. The number of fused-ring (bicyclic) bond motifs is 5. The van der Waals surface area contributed by atoms with Gasteiger partial charge in [-0.05, 0) is 45.2 Å². The quantitative estimate of drug-likeness (QED) is 0.541. The molecule has 0 N–H and O–H groups in total. The molecule has 0 fully saturated rings. The summed E-state index contributed by atoms with van der Waals surface area (Å²) in [6, 6.07) is 13.1. The van der Waals surface area contributed by atoms with Gasteiger partial charge in [-0.3, -0.25) is 0 Å². The third-order valence-electron chi connectivity index (χ3n) is 3.66. The van der Waals surface area contributed by atoms with Crippen molar-refractivity contribution in [1.82, 2.24) is 0 Å². The summed E-state index contributed by atoms with van der Waals surface area (Å²) in [6.45, 7) is 0. The molecule has 2 aromatic rings. The average Bonchev–Trinajstić information content (AvgIpc) is 2.77. The Balaban J connectivity index is 2.16. The fourth-order valence-corrected chi connectivity index (χ4v) is 2.87. The molecule has 0 amide bonds. The van der Waals surface area contributed by atoms with Gasteiger partial charge in [-0.1, -0.05) is 54.6 Å². The highest BCUT2D eigenvalue weighted by Gasteiger charge is 2.15. The summed E-state index contributed by atoms with van der Waals surface area (Å²) >= 11 is 0. The third-order valence-corrected chi connectivity index (χ3v) is 3.66. The van der Waals surface area contributed by atoms with Gasteiger partial charge < -0.3 is 0 Å². The molecule has 0 heteroatoms. The molecule has 0 bridgehead atoms. The average molecular weight is 216 g/mol. The molecule has 4 rings (SSSR count). The summed E-state index contributed by atoms with van der Waals surface area (Å²) in [7, 11) is 0. The van der Waals surface area contributed by atoms with Gasteiger partial charge in [0.05, 0.1) is 0 Å². The molecule has 0 spiro atoms. The van der Waals surface area contributed by atoms with Crippen molar-refractivity contribution < 1.29 is 0 Å². The van der Waals surface area contributed by atoms with E-state index in [0.29, 0.717) is 0 Å². The van der Waals surface area contributed by atoms with Gasteiger partial charge in [0, 0.05) is 0 Å². The van der Waals surface area contributed by atoms with Crippen molar-refractivity contribution in [3.8, 4) is 11.1 Å². The van der Waals surface area contributed by atoms with E-state index < -0.39 is 0 Å². The highest BCUT2D eigenvalue weighted by molar-refractivity contribution is 5.85. The van der Waals surface area contributed by atoms with E-state index in [4.69, 9.17) is 0 Å². The van der Waals surface area contributed by atoms with Crippen molar-refractivity contribution in [1.29, 1.82) is 0 Å². The molecule has 0 saturated carbocycles. The molecule has 0 saturated heterocycles. The van der Waals surface area contributed by atoms with Crippen molar-refractivity contribution in [2.24, 2.45) is 0 Å². The lowest BCUT2D eigenvalue weighted by Crippen LogP contribution is -2.18. The lowest BCUT2D eigenvalue weighted by Gasteiger charge is -2.10. The Morgan fingerprint density at radius 3 is 2.76 bits per heavy atom. The Hall–Kier alpha value is -2.08. The molecule has 0 aromatic heterocycles. The summed E-state index contributed by atoms with van der Waals surface area (Å²) in [5.74, 6) is 0. The molecule has 0 unspecified atom stereocenters. The largest absolute Gasteiger partial charge is 0.0801 e. The maximum atomic E-state index is 2.29. The van der Waals surface area contributed by atoms with E-state index in [1.807, 2.05) is 0 Å². The van der Waals surface area contributed by atoms with Crippen molar-refractivity contribution in [2.45, 2.75) is 6.42 Å². The van der Waals surface area contributed by atoms with E-state index in [-0.39, 0.29) is 0 Å². The maximum absolute atomic E-state index is 2.29. The molecule has 0 heterocycles. The van der Waals surface area contributed by atoms with Gasteiger partial charge >= 0.3 is 0 Å². The molecule has 80 valence electrons. The van der Waals surface area contributed by atoms with Crippen LogP contribution in [-0.4, -0.2) is 0 Å². The van der Waals surface area contributed by atoms with E-state index in [9.17, 15) is 0 Å². The van der Waals surface area contributed by atoms with Gasteiger partial charge in [0.2, 0.25) is 0 Å². The van der Waals surface area contributed by atoms with E-state index in [2.05, 4.69) is 60.7 Å². The monoisotopic (exact) mass is 216 g/mol. The predicted octanol–water partition coefficient (Wildman–Crippen LogP) is 2.39. The second kappa shape index (κ2) is 3.21. The van der Waals surface area contributed by atoms with Crippen LogP contribution >= 0.6 is 0 Å². The zero-order chi connectivity index (χ0) is 11.2. The zero-order valence-electron chi connectivity index (χ0n) is 9.48. The van der Waals surface area contributed by atoms with E-state index >= 15 is 0 Å². The van der Waals surface area contributed by atoms with Crippen LogP contribution in [0, 0.1) is 0 Å². The predicted molar refractivity (Wildman–Crippen MR) is 72.0 cm³/mol. The van der Waals surface area contributed by atoms with Crippen LogP contribution in [0.5, 0.6) is 0 Å². The van der Waals surface area contributed by atoms with Crippen LogP contribution in [0.3, 0.4) is 0 Å². The van der Waals surface area contributed by atoms with Crippen LogP contribution in [0.15, 0.2) is 48.6 Å². The van der Waals surface area contributed by atoms with Crippen LogP contribution < -0.4 is 10.4 Å². The van der Waals surface area contributed by atoms with E-state index in [0.717, 1.165) is 6.42 Å². The summed E-state index contributed by atoms with van der Waals surface area (Å²) in [5.41, 5.74) is 5.67. The summed E-state index contributed by atoms with van der Waals surface area (Å²) in [6.07, 6.45) is 9.95. The molecule has 2 aliphatic carbocycles. The van der Waals surface area contributed by atoms with Gasteiger partial charge in [-0.25, -0.2) is 0 Å². The third kappa shape index (κ3) is 1.18.